The Balaban J connectivity index is 1.61. The van der Waals surface area contributed by atoms with Gasteiger partial charge in [-0.1, -0.05) is 15.9 Å². The largest absolute Gasteiger partial charge is 0.378 e. The average Bonchev–Trinajstić information content (AvgIpc) is 2.61. The van der Waals surface area contributed by atoms with Crippen molar-refractivity contribution in [2.45, 2.75) is 6.54 Å². The molecule has 120 valence electrons. The molecule has 0 saturated carbocycles. The molecule has 0 aliphatic carbocycles. The Morgan fingerprint density at radius 2 is 1.96 bits per heavy atom. The van der Waals surface area contributed by atoms with E-state index in [0.717, 1.165) is 23.4 Å². The molecule has 1 aromatic heterocycles. The Morgan fingerprint density at radius 3 is 2.70 bits per heavy atom. The van der Waals surface area contributed by atoms with Gasteiger partial charge in [-0.2, -0.15) is 0 Å². The molecule has 3 rings (SSSR count). The minimum atomic E-state index is -0.141. The van der Waals surface area contributed by atoms with E-state index in [9.17, 15) is 4.79 Å². The molecule has 23 heavy (non-hydrogen) atoms. The summed E-state index contributed by atoms with van der Waals surface area (Å²) in [5.41, 5.74) is 0.609. The zero-order valence-corrected chi connectivity index (χ0v) is 14.1. The van der Waals surface area contributed by atoms with Crippen LogP contribution in [0.4, 0.5) is 5.82 Å². The number of anilines is 1. The van der Waals surface area contributed by atoms with E-state index in [0.29, 0.717) is 31.1 Å². The van der Waals surface area contributed by atoms with Crippen LogP contribution in [0, 0.1) is 0 Å². The maximum atomic E-state index is 12.1. The third-order valence-corrected chi connectivity index (χ3v) is 4.07. The maximum Gasteiger partial charge on any atom is 0.251 e. The van der Waals surface area contributed by atoms with Crippen LogP contribution >= 0.6 is 15.9 Å². The van der Waals surface area contributed by atoms with Gasteiger partial charge < -0.3 is 15.0 Å². The lowest BCUT2D eigenvalue weighted by molar-refractivity contribution is 0.0950. The van der Waals surface area contributed by atoms with Crippen molar-refractivity contribution in [1.82, 2.24) is 15.3 Å². The Bertz CT molecular complexity index is 672. The zero-order chi connectivity index (χ0) is 16.1. The fourth-order valence-corrected chi connectivity index (χ4v) is 2.57. The van der Waals surface area contributed by atoms with Gasteiger partial charge in [0, 0.05) is 29.3 Å². The molecule has 6 nitrogen and oxygen atoms in total. The van der Waals surface area contributed by atoms with E-state index in [-0.39, 0.29) is 5.91 Å². The molecule has 1 saturated heterocycles. The molecular formula is C16H17BrN4O2. The van der Waals surface area contributed by atoms with Gasteiger partial charge in [0.05, 0.1) is 19.8 Å². The quantitative estimate of drug-likeness (QED) is 0.883. The number of carbonyl (C=O) groups excluding carboxylic acids is 1. The second kappa shape index (κ2) is 7.52. The molecule has 0 radical (unpaired) electrons. The van der Waals surface area contributed by atoms with Crippen LogP contribution in [0.3, 0.4) is 0 Å². The van der Waals surface area contributed by atoms with E-state index in [1.807, 2.05) is 18.2 Å². The number of hydrogen-bond donors (Lipinski definition) is 1. The second-order valence-corrected chi connectivity index (χ2v) is 6.04. The van der Waals surface area contributed by atoms with Crippen molar-refractivity contribution < 1.29 is 9.53 Å². The molecule has 0 bridgehead atoms. The maximum absolute atomic E-state index is 12.1. The van der Waals surface area contributed by atoms with Crippen LogP contribution < -0.4 is 10.2 Å². The van der Waals surface area contributed by atoms with Gasteiger partial charge in [0.25, 0.3) is 5.91 Å². The predicted molar refractivity (Wildman–Crippen MR) is 90.4 cm³/mol. The van der Waals surface area contributed by atoms with E-state index in [1.165, 1.54) is 0 Å². The molecular weight excluding hydrogens is 360 g/mol. The van der Waals surface area contributed by atoms with Gasteiger partial charge in [-0.05, 0) is 30.3 Å². The van der Waals surface area contributed by atoms with E-state index < -0.39 is 0 Å². The highest BCUT2D eigenvalue weighted by Crippen LogP contribution is 2.12. The summed E-state index contributed by atoms with van der Waals surface area (Å²) in [6.45, 7) is 3.36. The number of benzene rings is 1. The van der Waals surface area contributed by atoms with Crippen LogP contribution in [-0.4, -0.2) is 42.2 Å². The van der Waals surface area contributed by atoms with Crippen LogP contribution in [0.5, 0.6) is 0 Å². The van der Waals surface area contributed by atoms with E-state index in [2.05, 4.69) is 36.1 Å². The predicted octanol–water partition coefficient (Wildman–Crippen LogP) is 2.01. The number of hydrogen-bond acceptors (Lipinski definition) is 5. The van der Waals surface area contributed by atoms with Crippen molar-refractivity contribution in [3.8, 4) is 0 Å². The summed E-state index contributed by atoms with van der Waals surface area (Å²) in [6, 6.07) is 9.09. The first-order chi connectivity index (χ1) is 11.2. The molecule has 1 aliphatic heterocycles. The van der Waals surface area contributed by atoms with Gasteiger partial charge in [-0.3, -0.25) is 4.79 Å². The van der Waals surface area contributed by atoms with Crippen LogP contribution in [0.2, 0.25) is 0 Å². The number of amides is 1. The second-order valence-electron chi connectivity index (χ2n) is 5.12. The van der Waals surface area contributed by atoms with Gasteiger partial charge >= 0.3 is 0 Å². The van der Waals surface area contributed by atoms with Crippen molar-refractivity contribution >= 4 is 27.7 Å². The Hall–Kier alpha value is -1.99. The highest BCUT2D eigenvalue weighted by Gasteiger charge is 2.13. The molecule has 0 spiro atoms. The van der Waals surface area contributed by atoms with Gasteiger partial charge in [-0.15, -0.1) is 0 Å². The number of morpholine rings is 1. The van der Waals surface area contributed by atoms with Crippen LogP contribution in [0.1, 0.15) is 16.2 Å². The summed E-state index contributed by atoms with van der Waals surface area (Å²) in [5.74, 6) is 1.33. The molecule has 1 fully saturated rings. The van der Waals surface area contributed by atoms with Gasteiger partial charge in [0.1, 0.15) is 11.6 Å². The number of rotatable bonds is 4. The molecule has 1 amide bonds. The first-order valence-electron chi connectivity index (χ1n) is 7.41. The summed E-state index contributed by atoms with van der Waals surface area (Å²) >= 11 is 3.35. The molecule has 0 atom stereocenters. The fraction of sp³-hybridized carbons (Fsp3) is 0.312. The highest BCUT2D eigenvalue weighted by atomic mass is 79.9. The molecule has 1 aliphatic rings. The van der Waals surface area contributed by atoms with Crippen molar-refractivity contribution in [2.75, 3.05) is 31.2 Å². The van der Waals surface area contributed by atoms with E-state index in [4.69, 9.17) is 4.74 Å². The van der Waals surface area contributed by atoms with Crippen molar-refractivity contribution in [3.05, 3.63) is 52.4 Å². The first-order valence-corrected chi connectivity index (χ1v) is 8.20. The summed E-state index contributed by atoms with van der Waals surface area (Å²) in [6.07, 6.45) is 1.72. The fourth-order valence-electron chi connectivity index (χ4n) is 2.30. The van der Waals surface area contributed by atoms with Crippen molar-refractivity contribution in [1.29, 1.82) is 0 Å². The lowest BCUT2D eigenvalue weighted by Crippen LogP contribution is -2.37. The third kappa shape index (κ3) is 4.27. The van der Waals surface area contributed by atoms with Crippen LogP contribution in [0.25, 0.3) is 0 Å². The molecule has 1 aromatic carbocycles. The van der Waals surface area contributed by atoms with Crippen LogP contribution in [0.15, 0.2) is 41.0 Å². The number of nitrogens with one attached hydrogen (secondary N) is 1. The van der Waals surface area contributed by atoms with E-state index in [1.54, 1.807) is 18.3 Å². The lowest BCUT2D eigenvalue weighted by atomic mass is 10.2. The van der Waals surface area contributed by atoms with Crippen molar-refractivity contribution in [2.24, 2.45) is 0 Å². The third-order valence-electron chi connectivity index (χ3n) is 3.54. The number of carbonyl (C=O) groups is 1. The molecule has 0 unspecified atom stereocenters. The topological polar surface area (TPSA) is 67.4 Å². The Kier molecular flexibility index (Phi) is 5.19. The van der Waals surface area contributed by atoms with Crippen molar-refractivity contribution in [3.63, 3.8) is 0 Å². The minimum absolute atomic E-state index is 0.141. The number of ether oxygens (including phenoxy) is 1. The van der Waals surface area contributed by atoms with Gasteiger partial charge in [0.2, 0.25) is 0 Å². The number of aromatic nitrogens is 2. The standard InChI is InChI=1S/C16H17BrN4O2/c17-13-3-1-12(2-4-13)16(22)19-11-14-18-6-5-15(20-14)21-7-9-23-10-8-21/h1-6H,7-11H2,(H,19,22). The normalized spacial score (nSPS) is 14.6. The summed E-state index contributed by atoms with van der Waals surface area (Å²) in [5, 5.41) is 2.84. The minimum Gasteiger partial charge on any atom is -0.378 e. The molecule has 1 N–H and O–H groups in total. The van der Waals surface area contributed by atoms with E-state index >= 15 is 0 Å². The summed E-state index contributed by atoms with van der Waals surface area (Å²) < 4.78 is 6.28. The summed E-state index contributed by atoms with van der Waals surface area (Å²) in [4.78, 5) is 23.0. The molecule has 2 aromatic rings. The Morgan fingerprint density at radius 1 is 1.22 bits per heavy atom. The smallest absolute Gasteiger partial charge is 0.251 e. The SMILES string of the molecule is O=C(NCc1nccc(N2CCOCC2)n1)c1ccc(Br)cc1. The van der Waals surface area contributed by atoms with Gasteiger partial charge in [0.15, 0.2) is 0 Å². The zero-order valence-electron chi connectivity index (χ0n) is 12.5. The lowest BCUT2D eigenvalue weighted by Gasteiger charge is -2.27. The van der Waals surface area contributed by atoms with Crippen LogP contribution in [-0.2, 0) is 11.3 Å². The molecule has 2 heterocycles. The van der Waals surface area contributed by atoms with Gasteiger partial charge in [-0.25, -0.2) is 9.97 Å². The highest BCUT2D eigenvalue weighted by molar-refractivity contribution is 9.10. The first kappa shape index (κ1) is 15.9. The average molecular weight is 377 g/mol. The molecule has 7 heteroatoms. The number of halogens is 1. The Labute approximate surface area is 143 Å². The monoisotopic (exact) mass is 376 g/mol. The summed E-state index contributed by atoms with van der Waals surface area (Å²) in [7, 11) is 0. The number of nitrogens with zero attached hydrogens (tertiary/aromatic N) is 3.